The molecule has 1 aromatic heterocycles. The molecule has 2 aromatic rings. The summed E-state index contributed by atoms with van der Waals surface area (Å²) >= 11 is 0. The van der Waals surface area contributed by atoms with Gasteiger partial charge in [-0.05, 0) is 42.9 Å². The van der Waals surface area contributed by atoms with Crippen LogP contribution in [-0.2, 0) is 29.9 Å². The Morgan fingerprint density at radius 1 is 1.29 bits per heavy atom. The largest absolute Gasteiger partial charge is 0.381 e. The van der Waals surface area contributed by atoms with Crippen molar-refractivity contribution < 1.29 is 8.42 Å². The summed E-state index contributed by atoms with van der Waals surface area (Å²) in [6.07, 6.45) is 5.54. The van der Waals surface area contributed by atoms with Gasteiger partial charge < -0.3 is 5.73 Å². The molecule has 1 aliphatic carbocycles. The summed E-state index contributed by atoms with van der Waals surface area (Å²) in [5.74, 6) is 0.00907. The zero-order valence-electron chi connectivity index (χ0n) is 11.8. The van der Waals surface area contributed by atoms with E-state index in [1.807, 2.05) is 6.07 Å². The van der Waals surface area contributed by atoms with Crippen molar-refractivity contribution in [1.82, 2.24) is 9.78 Å². The second-order valence-electron chi connectivity index (χ2n) is 5.31. The van der Waals surface area contributed by atoms with Crippen molar-refractivity contribution in [2.24, 2.45) is 7.05 Å². The first-order valence-corrected chi connectivity index (χ1v) is 8.38. The van der Waals surface area contributed by atoms with Crippen molar-refractivity contribution in [3.8, 4) is 0 Å². The monoisotopic (exact) mass is 306 g/mol. The molecule has 0 saturated carbocycles. The van der Waals surface area contributed by atoms with E-state index in [0.29, 0.717) is 5.69 Å². The predicted octanol–water partition coefficient (Wildman–Crippen LogP) is 1.68. The van der Waals surface area contributed by atoms with E-state index in [0.717, 1.165) is 31.2 Å². The van der Waals surface area contributed by atoms with Crippen molar-refractivity contribution in [2.75, 3.05) is 10.5 Å². The molecule has 0 amide bonds. The third kappa shape index (κ3) is 2.61. The molecule has 112 valence electrons. The Kier molecular flexibility index (Phi) is 3.36. The third-order valence-electron chi connectivity index (χ3n) is 3.75. The smallest absolute Gasteiger partial charge is 0.267 e. The van der Waals surface area contributed by atoms with Gasteiger partial charge >= 0.3 is 0 Å². The Morgan fingerprint density at radius 3 is 2.76 bits per heavy atom. The summed E-state index contributed by atoms with van der Waals surface area (Å²) in [5, 5.41) is 3.88. The lowest BCUT2D eigenvalue weighted by Gasteiger charge is -2.19. The molecule has 0 bridgehead atoms. The van der Waals surface area contributed by atoms with E-state index in [1.54, 1.807) is 13.1 Å². The third-order valence-corrected chi connectivity index (χ3v) is 5.13. The van der Waals surface area contributed by atoms with Gasteiger partial charge in [0.15, 0.2) is 5.82 Å². The first kappa shape index (κ1) is 13.9. The summed E-state index contributed by atoms with van der Waals surface area (Å²) in [6, 6.07) is 5.74. The predicted molar refractivity (Wildman–Crippen MR) is 81.5 cm³/mol. The number of nitrogen functional groups attached to an aromatic ring is 1. The van der Waals surface area contributed by atoms with Gasteiger partial charge in [0.2, 0.25) is 0 Å². The van der Waals surface area contributed by atoms with Crippen LogP contribution in [0.15, 0.2) is 29.3 Å². The highest BCUT2D eigenvalue weighted by Gasteiger charge is 2.23. The Bertz CT molecular complexity index is 780. The number of rotatable bonds is 3. The highest BCUT2D eigenvalue weighted by molar-refractivity contribution is 7.92. The van der Waals surface area contributed by atoms with E-state index in [-0.39, 0.29) is 10.7 Å². The second kappa shape index (κ2) is 5.07. The van der Waals surface area contributed by atoms with Gasteiger partial charge in [-0.2, -0.15) is 5.10 Å². The number of fused-ring (bicyclic) bond motifs is 1. The molecule has 7 heteroatoms. The first-order chi connectivity index (χ1) is 9.97. The number of sulfonamides is 1. The SMILES string of the molecule is Cn1cc(S(=O)(=O)Nc2cccc3c2CCCC3)c(N)n1. The van der Waals surface area contributed by atoms with E-state index in [4.69, 9.17) is 5.73 Å². The summed E-state index contributed by atoms with van der Waals surface area (Å²) in [5.41, 5.74) is 8.63. The molecule has 0 radical (unpaired) electrons. The minimum Gasteiger partial charge on any atom is -0.381 e. The normalized spacial score (nSPS) is 14.7. The fourth-order valence-electron chi connectivity index (χ4n) is 2.77. The number of aromatic nitrogens is 2. The van der Waals surface area contributed by atoms with Gasteiger partial charge in [-0.3, -0.25) is 9.40 Å². The maximum absolute atomic E-state index is 12.5. The molecule has 6 nitrogen and oxygen atoms in total. The number of nitrogens with two attached hydrogens (primary N) is 1. The van der Waals surface area contributed by atoms with E-state index >= 15 is 0 Å². The van der Waals surface area contributed by atoms with Crippen molar-refractivity contribution >= 4 is 21.5 Å². The number of aryl methyl sites for hydroxylation is 2. The Morgan fingerprint density at radius 2 is 2.05 bits per heavy atom. The van der Waals surface area contributed by atoms with Gasteiger partial charge in [-0.1, -0.05) is 12.1 Å². The van der Waals surface area contributed by atoms with Crippen LogP contribution in [0.3, 0.4) is 0 Å². The van der Waals surface area contributed by atoms with Crippen LogP contribution in [0.25, 0.3) is 0 Å². The lowest BCUT2D eigenvalue weighted by atomic mass is 9.91. The number of hydrogen-bond donors (Lipinski definition) is 2. The molecular weight excluding hydrogens is 288 g/mol. The molecule has 0 aliphatic heterocycles. The number of nitrogens with zero attached hydrogens (tertiary/aromatic N) is 2. The van der Waals surface area contributed by atoms with Crippen LogP contribution >= 0.6 is 0 Å². The maximum Gasteiger partial charge on any atom is 0.267 e. The Labute approximate surface area is 124 Å². The van der Waals surface area contributed by atoms with Crippen molar-refractivity contribution in [1.29, 1.82) is 0 Å². The minimum atomic E-state index is -3.71. The Hall–Kier alpha value is -2.02. The van der Waals surface area contributed by atoms with Gasteiger partial charge in [0, 0.05) is 13.2 Å². The summed E-state index contributed by atoms with van der Waals surface area (Å²) in [7, 11) is -2.08. The summed E-state index contributed by atoms with van der Waals surface area (Å²) in [4.78, 5) is 0.0124. The van der Waals surface area contributed by atoms with Gasteiger partial charge in [0.05, 0.1) is 5.69 Å². The fraction of sp³-hybridized carbons (Fsp3) is 0.357. The molecule has 21 heavy (non-hydrogen) atoms. The van der Waals surface area contributed by atoms with Crippen LogP contribution in [0.5, 0.6) is 0 Å². The number of hydrogen-bond acceptors (Lipinski definition) is 4. The molecule has 0 atom stereocenters. The van der Waals surface area contributed by atoms with Gasteiger partial charge in [0.1, 0.15) is 4.90 Å². The fourth-order valence-corrected chi connectivity index (χ4v) is 3.97. The first-order valence-electron chi connectivity index (χ1n) is 6.90. The average molecular weight is 306 g/mol. The van der Waals surface area contributed by atoms with Crippen molar-refractivity contribution in [3.05, 3.63) is 35.5 Å². The summed E-state index contributed by atoms with van der Waals surface area (Å²) in [6.45, 7) is 0. The molecule has 1 aromatic carbocycles. The van der Waals surface area contributed by atoms with Crippen LogP contribution in [0, 0.1) is 0 Å². The highest BCUT2D eigenvalue weighted by atomic mass is 32.2. The van der Waals surface area contributed by atoms with E-state index < -0.39 is 10.0 Å². The molecular formula is C14H18N4O2S. The van der Waals surface area contributed by atoms with Crippen LogP contribution < -0.4 is 10.5 Å². The second-order valence-corrected chi connectivity index (χ2v) is 6.96. The van der Waals surface area contributed by atoms with E-state index in [9.17, 15) is 8.42 Å². The van der Waals surface area contributed by atoms with Crippen molar-refractivity contribution in [2.45, 2.75) is 30.6 Å². The molecule has 0 unspecified atom stereocenters. The lowest BCUT2D eigenvalue weighted by molar-refractivity contribution is 0.601. The van der Waals surface area contributed by atoms with Gasteiger partial charge in [0.25, 0.3) is 10.0 Å². The van der Waals surface area contributed by atoms with Crippen LogP contribution in [-0.4, -0.2) is 18.2 Å². The number of nitrogens with one attached hydrogen (secondary N) is 1. The molecule has 0 fully saturated rings. The van der Waals surface area contributed by atoms with E-state index in [1.165, 1.54) is 16.4 Å². The average Bonchev–Trinajstić information content (AvgIpc) is 2.79. The maximum atomic E-state index is 12.5. The number of benzene rings is 1. The van der Waals surface area contributed by atoms with Crippen LogP contribution in [0.2, 0.25) is 0 Å². The molecule has 3 N–H and O–H groups in total. The molecule has 0 saturated heterocycles. The molecule has 1 heterocycles. The molecule has 0 spiro atoms. The topological polar surface area (TPSA) is 90.0 Å². The zero-order valence-corrected chi connectivity index (χ0v) is 12.7. The van der Waals surface area contributed by atoms with Crippen LogP contribution in [0.4, 0.5) is 11.5 Å². The standard InChI is InChI=1S/C14H18N4O2S/c1-18-9-13(14(15)16-18)21(19,20)17-12-8-4-6-10-5-2-3-7-11(10)12/h4,6,8-9,17H,2-3,5,7H2,1H3,(H2,15,16). The number of anilines is 2. The zero-order chi connectivity index (χ0) is 15.0. The Balaban J connectivity index is 1.98. The molecule has 1 aliphatic rings. The lowest BCUT2D eigenvalue weighted by Crippen LogP contribution is -2.16. The minimum absolute atomic E-state index is 0.00907. The van der Waals surface area contributed by atoms with Crippen LogP contribution in [0.1, 0.15) is 24.0 Å². The summed E-state index contributed by atoms with van der Waals surface area (Å²) < 4.78 is 29.0. The van der Waals surface area contributed by atoms with Crippen molar-refractivity contribution in [3.63, 3.8) is 0 Å². The van der Waals surface area contributed by atoms with Gasteiger partial charge in [-0.15, -0.1) is 0 Å². The van der Waals surface area contributed by atoms with E-state index in [2.05, 4.69) is 15.9 Å². The van der Waals surface area contributed by atoms with Gasteiger partial charge in [-0.25, -0.2) is 8.42 Å². The molecule has 3 rings (SSSR count). The highest BCUT2D eigenvalue weighted by Crippen LogP contribution is 2.30. The quantitative estimate of drug-likeness (QED) is 0.902.